The second-order valence-corrected chi connectivity index (χ2v) is 8.96. The summed E-state index contributed by atoms with van der Waals surface area (Å²) in [6.07, 6.45) is -1.48. The molecule has 1 amide bonds. The molecule has 0 radical (unpaired) electrons. The molecule has 3 heterocycles. The number of aryl methyl sites for hydroxylation is 1. The molecule has 7 nitrogen and oxygen atoms in total. The van der Waals surface area contributed by atoms with Crippen LogP contribution in [0.3, 0.4) is 0 Å². The Morgan fingerprint density at radius 2 is 1.97 bits per heavy atom. The summed E-state index contributed by atoms with van der Waals surface area (Å²) < 4.78 is 67.9. The molecule has 0 bridgehead atoms. The third kappa shape index (κ3) is 5.48. The summed E-state index contributed by atoms with van der Waals surface area (Å²) in [5.41, 5.74) is 1.25. The van der Waals surface area contributed by atoms with Gasteiger partial charge in [0.15, 0.2) is 5.65 Å². The summed E-state index contributed by atoms with van der Waals surface area (Å²) in [4.78, 5) is 17.6. The summed E-state index contributed by atoms with van der Waals surface area (Å²) in [6.45, 7) is 1.09. The van der Waals surface area contributed by atoms with Crippen molar-refractivity contribution >= 4 is 23.2 Å². The van der Waals surface area contributed by atoms with Crippen molar-refractivity contribution in [2.75, 3.05) is 0 Å². The fraction of sp³-hybridized carbons (Fsp3) is 0.524. The lowest BCUT2D eigenvalue weighted by Crippen LogP contribution is -2.37. The van der Waals surface area contributed by atoms with E-state index in [0.29, 0.717) is 16.4 Å². The molecule has 1 aliphatic carbocycles. The highest BCUT2D eigenvalue weighted by Gasteiger charge is 2.39. The second-order valence-electron chi connectivity index (χ2n) is 8.52. The lowest BCUT2D eigenvalue weighted by atomic mass is 9.81. The zero-order chi connectivity index (χ0) is 24.7. The van der Waals surface area contributed by atoms with Gasteiger partial charge in [0.05, 0.1) is 47.3 Å². The summed E-state index contributed by atoms with van der Waals surface area (Å²) >= 11 is 5.98. The highest BCUT2D eigenvalue weighted by molar-refractivity contribution is 6.30. The smallest absolute Gasteiger partial charge is 0.343 e. The van der Waals surface area contributed by atoms with Crippen molar-refractivity contribution < 1.29 is 26.7 Å². The molecular weight excluding hydrogens is 483 g/mol. The minimum Gasteiger partial charge on any atom is -0.343 e. The van der Waals surface area contributed by atoms with Crippen molar-refractivity contribution in [2.24, 2.45) is 5.92 Å². The van der Waals surface area contributed by atoms with Crippen LogP contribution in [0.2, 0.25) is 5.02 Å². The predicted octanol–water partition coefficient (Wildman–Crippen LogP) is 5.14. The third-order valence-electron chi connectivity index (χ3n) is 6.10. The first-order valence-electron chi connectivity index (χ1n) is 10.7. The van der Waals surface area contributed by atoms with E-state index in [-0.39, 0.29) is 42.9 Å². The van der Waals surface area contributed by atoms with Gasteiger partial charge in [-0.15, -0.1) is 0 Å². The lowest BCUT2D eigenvalue weighted by molar-refractivity contribution is -0.137. The van der Waals surface area contributed by atoms with E-state index in [4.69, 9.17) is 11.6 Å². The Hall–Kier alpha value is -2.76. The molecule has 3 aromatic rings. The molecule has 0 unspecified atom stereocenters. The zero-order valence-electron chi connectivity index (χ0n) is 18.1. The number of hydrogen-bond acceptors (Lipinski definition) is 4. The molecule has 0 aromatic carbocycles. The lowest BCUT2D eigenvalue weighted by Gasteiger charge is -2.33. The van der Waals surface area contributed by atoms with Gasteiger partial charge >= 0.3 is 6.18 Å². The van der Waals surface area contributed by atoms with E-state index in [1.165, 1.54) is 23.8 Å². The van der Waals surface area contributed by atoms with E-state index in [2.05, 4.69) is 20.5 Å². The number of fused-ring (bicyclic) bond motifs is 1. The average molecular weight is 505 g/mol. The Morgan fingerprint density at radius 1 is 1.26 bits per heavy atom. The van der Waals surface area contributed by atoms with Crippen molar-refractivity contribution in [3.63, 3.8) is 0 Å². The Bertz CT molecular complexity index is 1180. The Kier molecular flexibility index (Phi) is 6.54. The van der Waals surface area contributed by atoms with Crippen molar-refractivity contribution in [2.45, 2.75) is 63.7 Å². The van der Waals surface area contributed by atoms with Gasteiger partial charge in [0, 0.05) is 31.1 Å². The van der Waals surface area contributed by atoms with Gasteiger partial charge in [-0.3, -0.25) is 9.48 Å². The number of rotatable bonds is 6. The number of carbonyl (C=O) groups is 1. The number of hydrogen-bond donors (Lipinski definition) is 1. The van der Waals surface area contributed by atoms with Gasteiger partial charge in [-0.05, 0) is 25.7 Å². The molecule has 1 fully saturated rings. The molecule has 0 spiro atoms. The van der Waals surface area contributed by atoms with Gasteiger partial charge in [-0.1, -0.05) is 11.6 Å². The standard InChI is InChI=1S/C21H22ClF5N6O/c1-12-15(10-29-32(12)7-6-21(25,26)27)19(34)31-18(13-2-4-20(23,24)5-3-13)16-11-33-17(30-16)8-14(22)9-28-33/h8-11,13,18H,2-7H2,1H3,(H,31,34)/t18-/m0/s1. The minimum atomic E-state index is -4.35. The molecule has 0 aliphatic heterocycles. The van der Waals surface area contributed by atoms with Crippen molar-refractivity contribution in [3.8, 4) is 0 Å². The molecule has 3 aromatic heterocycles. The van der Waals surface area contributed by atoms with E-state index in [1.807, 2.05) is 0 Å². The van der Waals surface area contributed by atoms with Crippen LogP contribution in [0, 0.1) is 12.8 Å². The first-order valence-corrected chi connectivity index (χ1v) is 11.1. The fourth-order valence-electron chi connectivity index (χ4n) is 4.20. The largest absolute Gasteiger partial charge is 0.390 e. The number of amides is 1. The normalized spacial score (nSPS) is 17.7. The molecule has 1 aliphatic rings. The quantitative estimate of drug-likeness (QED) is 0.472. The number of alkyl halides is 5. The maximum Gasteiger partial charge on any atom is 0.390 e. The van der Waals surface area contributed by atoms with Crippen molar-refractivity contribution in [1.82, 2.24) is 29.7 Å². The van der Waals surface area contributed by atoms with Gasteiger partial charge in [0.2, 0.25) is 5.92 Å². The third-order valence-corrected chi connectivity index (χ3v) is 6.31. The average Bonchev–Trinajstić information content (AvgIpc) is 3.33. The van der Waals surface area contributed by atoms with Gasteiger partial charge in [0.1, 0.15) is 0 Å². The van der Waals surface area contributed by atoms with Gasteiger partial charge < -0.3 is 5.32 Å². The number of nitrogens with zero attached hydrogens (tertiary/aromatic N) is 5. The van der Waals surface area contributed by atoms with E-state index in [1.54, 1.807) is 12.3 Å². The summed E-state index contributed by atoms with van der Waals surface area (Å²) in [7, 11) is 0. The Balaban J connectivity index is 1.59. The van der Waals surface area contributed by atoms with E-state index < -0.39 is 37.0 Å². The van der Waals surface area contributed by atoms with Crippen LogP contribution < -0.4 is 5.32 Å². The SMILES string of the molecule is Cc1c(C(=O)N[C@H](c2cn3ncc(Cl)cc3n2)C2CCC(F)(F)CC2)cnn1CCC(F)(F)F. The van der Waals surface area contributed by atoms with E-state index in [0.717, 1.165) is 4.68 Å². The molecule has 184 valence electrons. The minimum absolute atomic E-state index is 0.109. The van der Waals surface area contributed by atoms with Crippen LogP contribution in [0.1, 0.15) is 59.9 Å². The van der Waals surface area contributed by atoms with Crippen LogP contribution in [0.15, 0.2) is 24.7 Å². The van der Waals surface area contributed by atoms with E-state index >= 15 is 0 Å². The topological polar surface area (TPSA) is 77.1 Å². The maximum atomic E-state index is 13.8. The number of imidazole rings is 1. The van der Waals surface area contributed by atoms with Gasteiger partial charge in [-0.25, -0.2) is 18.3 Å². The number of carbonyl (C=O) groups excluding carboxylic acids is 1. The highest BCUT2D eigenvalue weighted by Crippen LogP contribution is 2.41. The molecular formula is C21H22ClF5N6O. The second kappa shape index (κ2) is 9.12. The summed E-state index contributed by atoms with van der Waals surface area (Å²) in [6, 6.07) is 0.878. The maximum absolute atomic E-state index is 13.8. The molecule has 1 atom stereocenters. The van der Waals surface area contributed by atoms with Crippen LogP contribution in [-0.2, 0) is 6.54 Å². The van der Waals surface area contributed by atoms with E-state index in [9.17, 15) is 26.7 Å². The first-order chi connectivity index (χ1) is 15.9. The van der Waals surface area contributed by atoms with Crippen LogP contribution in [0.5, 0.6) is 0 Å². The van der Waals surface area contributed by atoms with Crippen LogP contribution in [0.25, 0.3) is 5.65 Å². The van der Waals surface area contributed by atoms with Crippen LogP contribution in [0.4, 0.5) is 22.0 Å². The predicted molar refractivity (Wildman–Crippen MR) is 113 cm³/mol. The molecule has 13 heteroatoms. The monoisotopic (exact) mass is 504 g/mol. The van der Waals surface area contributed by atoms with Crippen LogP contribution in [-0.4, -0.2) is 42.4 Å². The number of halogens is 6. The van der Waals surface area contributed by atoms with Gasteiger partial charge in [-0.2, -0.15) is 23.4 Å². The van der Waals surface area contributed by atoms with Gasteiger partial charge in [0.25, 0.3) is 5.91 Å². The number of nitrogens with one attached hydrogen (secondary N) is 1. The molecule has 34 heavy (non-hydrogen) atoms. The van der Waals surface area contributed by atoms with Crippen molar-refractivity contribution in [1.29, 1.82) is 0 Å². The zero-order valence-corrected chi connectivity index (χ0v) is 18.9. The fourth-order valence-corrected chi connectivity index (χ4v) is 4.34. The Labute approximate surface area is 196 Å². The van der Waals surface area contributed by atoms with Crippen LogP contribution >= 0.6 is 11.6 Å². The molecule has 0 saturated heterocycles. The van der Waals surface area contributed by atoms with Crippen molar-refractivity contribution in [3.05, 3.63) is 46.6 Å². The number of aromatic nitrogens is 5. The molecule has 4 rings (SSSR count). The molecule has 1 saturated carbocycles. The molecule has 1 N–H and O–H groups in total. The highest BCUT2D eigenvalue weighted by atomic mass is 35.5. The Morgan fingerprint density at radius 3 is 2.65 bits per heavy atom. The first kappa shape index (κ1) is 24.4. The summed E-state index contributed by atoms with van der Waals surface area (Å²) in [5, 5.41) is 11.3. The summed E-state index contributed by atoms with van der Waals surface area (Å²) in [5.74, 6) is -3.64.